The first kappa shape index (κ1) is 11.9. The molecule has 3 N–H and O–H groups in total. The quantitative estimate of drug-likeness (QED) is 0.753. The lowest BCUT2D eigenvalue weighted by atomic mass is 9.98. The second-order valence-electron chi connectivity index (χ2n) is 3.83. The number of nitrogens with two attached hydrogens (primary N) is 1. The highest BCUT2D eigenvalue weighted by molar-refractivity contribution is 5.93. The molecule has 1 aliphatic rings. The van der Waals surface area contributed by atoms with E-state index >= 15 is 0 Å². The molecule has 0 saturated carbocycles. The van der Waals surface area contributed by atoms with E-state index in [0.717, 1.165) is 12.0 Å². The zero-order valence-electron chi connectivity index (χ0n) is 9.39. The minimum absolute atomic E-state index is 0.0193. The Morgan fingerprint density at radius 3 is 3.18 bits per heavy atom. The Kier molecular flexibility index (Phi) is 3.61. The number of aliphatic hydroxyl groups is 1. The fraction of sp³-hybridized carbons (Fsp3) is 0.417. The molecule has 0 fully saturated rings. The monoisotopic (exact) mass is 237 g/mol. The lowest BCUT2D eigenvalue weighted by molar-refractivity contribution is 0.0428. The van der Waals surface area contributed by atoms with Gasteiger partial charge in [-0.05, 0) is 6.07 Å². The summed E-state index contributed by atoms with van der Waals surface area (Å²) in [4.78, 5) is 11.7. The van der Waals surface area contributed by atoms with Crippen molar-refractivity contribution >= 4 is 5.97 Å². The molecule has 0 aromatic heterocycles. The lowest BCUT2D eigenvalue weighted by Crippen LogP contribution is -2.22. The van der Waals surface area contributed by atoms with Gasteiger partial charge >= 0.3 is 5.97 Å². The number of carbonyl (C=O) groups is 1. The molecule has 1 heterocycles. The molecule has 1 aromatic carbocycles. The predicted molar refractivity (Wildman–Crippen MR) is 60.9 cm³/mol. The Morgan fingerprint density at radius 1 is 1.59 bits per heavy atom. The van der Waals surface area contributed by atoms with Crippen molar-refractivity contribution in [3.63, 3.8) is 0 Å². The fourth-order valence-electron chi connectivity index (χ4n) is 1.83. The molecule has 0 amide bonds. The summed E-state index contributed by atoms with van der Waals surface area (Å²) in [7, 11) is 0. The van der Waals surface area contributed by atoms with Gasteiger partial charge in [-0.15, -0.1) is 0 Å². The van der Waals surface area contributed by atoms with Crippen LogP contribution < -0.4 is 10.5 Å². The second kappa shape index (κ2) is 5.16. The zero-order chi connectivity index (χ0) is 12.3. The lowest BCUT2D eigenvalue weighted by Gasteiger charge is -2.24. The first-order valence-electron chi connectivity index (χ1n) is 5.53. The SMILES string of the molecule is N[C@@H]1CCOc2c(C(=O)OCCO)cccc21. The van der Waals surface area contributed by atoms with E-state index < -0.39 is 5.97 Å². The van der Waals surface area contributed by atoms with Gasteiger partial charge in [-0.25, -0.2) is 4.79 Å². The summed E-state index contributed by atoms with van der Waals surface area (Å²) in [6.45, 7) is 0.286. The van der Waals surface area contributed by atoms with Crippen LogP contribution in [0.15, 0.2) is 18.2 Å². The van der Waals surface area contributed by atoms with E-state index in [0.29, 0.717) is 17.9 Å². The molecule has 1 aliphatic heterocycles. The largest absolute Gasteiger partial charge is 0.492 e. The fourth-order valence-corrected chi connectivity index (χ4v) is 1.83. The standard InChI is InChI=1S/C12H15NO4/c13-10-4-6-16-11-8(10)2-1-3-9(11)12(15)17-7-5-14/h1-3,10,14H,4-7,13H2/t10-/m1/s1. The summed E-state index contributed by atoms with van der Waals surface area (Å²) in [5.41, 5.74) is 7.14. The molecule has 92 valence electrons. The molecule has 0 unspecified atom stereocenters. The summed E-state index contributed by atoms with van der Waals surface area (Å²) in [6, 6.07) is 5.13. The third kappa shape index (κ3) is 2.40. The van der Waals surface area contributed by atoms with Crippen LogP contribution in [-0.4, -0.2) is 30.9 Å². The highest BCUT2D eigenvalue weighted by Crippen LogP contribution is 2.33. The van der Waals surface area contributed by atoms with E-state index in [9.17, 15) is 4.79 Å². The maximum atomic E-state index is 11.7. The van der Waals surface area contributed by atoms with Crippen molar-refractivity contribution in [3.8, 4) is 5.75 Å². The van der Waals surface area contributed by atoms with E-state index in [1.807, 2.05) is 6.07 Å². The molecule has 0 aliphatic carbocycles. The van der Waals surface area contributed by atoms with Crippen LogP contribution in [0, 0.1) is 0 Å². The molecule has 0 saturated heterocycles. The predicted octanol–water partition coefficient (Wildman–Crippen LogP) is 0.618. The molecule has 1 atom stereocenters. The minimum atomic E-state index is -0.495. The van der Waals surface area contributed by atoms with E-state index in [1.165, 1.54) is 0 Å². The molecule has 17 heavy (non-hydrogen) atoms. The van der Waals surface area contributed by atoms with E-state index in [4.69, 9.17) is 20.3 Å². The number of esters is 1. The zero-order valence-corrected chi connectivity index (χ0v) is 9.39. The molecular formula is C12H15NO4. The number of carbonyl (C=O) groups excluding carboxylic acids is 1. The third-order valence-corrected chi connectivity index (χ3v) is 2.66. The number of ether oxygens (including phenoxy) is 2. The normalized spacial score (nSPS) is 18.1. The first-order chi connectivity index (χ1) is 8.24. The van der Waals surface area contributed by atoms with Crippen LogP contribution in [0.4, 0.5) is 0 Å². The summed E-state index contributed by atoms with van der Waals surface area (Å²) in [5.74, 6) is 0.0131. The van der Waals surface area contributed by atoms with Crippen molar-refractivity contribution in [3.05, 3.63) is 29.3 Å². The van der Waals surface area contributed by atoms with Gasteiger partial charge in [0.05, 0.1) is 13.2 Å². The van der Waals surface area contributed by atoms with E-state index in [-0.39, 0.29) is 19.3 Å². The number of rotatable bonds is 3. The number of hydrogen-bond donors (Lipinski definition) is 2. The third-order valence-electron chi connectivity index (χ3n) is 2.66. The average Bonchev–Trinajstić information content (AvgIpc) is 2.36. The molecule has 1 aromatic rings. The van der Waals surface area contributed by atoms with Crippen molar-refractivity contribution in [1.82, 2.24) is 0 Å². The first-order valence-corrected chi connectivity index (χ1v) is 5.53. The van der Waals surface area contributed by atoms with Gasteiger partial charge in [-0.3, -0.25) is 0 Å². The van der Waals surface area contributed by atoms with Crippen molar-refractivity contribution in [2.75, 3.05) is 19.8 Å². The molecule has 0 spiro atoms. The number of aliphatic hydroxyl groups excluding tert-OH is 1. The average molecular weight is 237 g/mol. The van der Waals surface area contributed by atoms with Gasteiger partial charge < -0.3 is 20.3 Å². The van der Waals surface area contributed by atoms with Crippen LogP contribution in [0.1, 0.15) is 28.4 Å². The van der Waals surface area contributed by atoms with Crippen molar-refractivity contribution < 1.29 is 19.4 Å². The van der Waals surface area contributed by atoms with Gasteiger partial charge in [0.1, 0.15) is 17.9 Å². The van der Waals surface area contributed by atoms with Crippen LogP contribution >= 0.6 is 0 Å². The Morgan fingerprint density at radius 2 is 2.41 bits per heavy atom. The molecule has 5 nitrogen and oxygen atoms in total. The second-order valence-corrected chi connectivity index (χ2v) is 3.83. The van der Waals surface area contributed by atoms with E-state index in [2.05, 4.69) is 0 Å². The van der Waals surface area contributed by atoms with Gasteiger partial charge in [0.2, 0.25) is 0 Å². The van der Waals surface area contributed by atoms with Crippen molar-refractivity contribution in [1.29, 1.82) is 0 Å². The Balaban J connectivity index is 2.29. The maximum Gasteiger partial charge on any atom is 0.342 e. The van der Waals surface area contributed by atoms with Crippen LogP contribution in [0.25, 0.3) is 0 Å². The molecule has 0 bridgehead atoms. The summed E-state index contributed by atoms with van der Waals surface area (Å²) in [5, 5.41) is 8.61. The van der Waals surface area contributed by atoms with Gasteiger partial charge in [-0.1, -0.05) is 12.1 Å². The summed E-state index contributed by atoms with van der Waals surface area (Å²) < 4.78 is 10.4. The van der Waals surface area contributed by atoms with Gasteiger partial charge in [0, 0.05) is 18.0 Å². The molecule has 5 heteroatoms. The molecular weight excluding hydrogens is 222 g/mol. The van der Waals surface area contributed by atoms with Crippen LogP contribution in [-0.2, 0) is 4.74 Å². The highest BCUT2D eigenvalue weighted by Gasteiger charge is 2.24. The molecule has 0 radical (unpaired) electrons. The van der Waals surface area contributed by atoms with E-state index in [1.54, 1.807) is 12.1 Å². The van der Waals surface area contributed by atoms with Crippen LogP contribution in [0.5, 0.6) is 5.75 Å². The summed E-state index contributed by atoms with van der Waals surface area (Å²) >= 11 is 0. The van der Waals surface area contributed by atoms with Crippen LogP contribution in [0.3, 0.4) is 0 Å². The topological polar surface area (TPSA) is 81.8 Å². The Labute approximate surface area is 99.1 Å². The van der Waals surface area contributed by atoms with Crippen molar-refractivity contribution in [2.45, 2.75) is 12.5 Å². The smallest absolute Gasteiger partial charge is 0.342 e. The number of fused-ring (bicyclic) bond motifs is 1. The Bertz CT molecular complexity index is 419. The highest BCUT2D eigenvalue weighted by atomic mass is 16.5. The maximum absolute atomic E-state index is 11.7. The number of para-hydroxylation sites is 1. The van der Waals surface area contributed by atoms with Gasteiger partial charge in [0.25, 0.3) is 0 Å². The van der Waals surface area contributed by atoms with Crippen molar-refractivity contribution in [2.24, 2.45) is 5.73 Å². The number of benzene rings is 1. The summed E-state index contributed by atoms with van der Waals surface area (Å²) in [6.07, 6.45) is 0.738. The van der Waals surface area contributed by atoms with Crippen LogP contribution in [0.2, 0.25) is 0 Å². The van der Waals surface area contributed by atoms with Gasteiger partial charge in [-0.2, -0.15) is 0 Å². The number of hydrogen-bond acceptors (Lipinski definition) is 5. The molecule has 2 rings (SSSR count). The van der Waals surface area contributed by atoms with Gasteiger partial charge in [0.15, 0.2) is 0 Å². The Hall–Kier alpha value is -1.59. The minimum Gasteiger partial charge on any atom is -0.492 e.